The number of halogens is 1. The molecule has 1 saturated heterocycles. The van der Waals surface area contributed by atoms with Crippen LogP contribution in [0.2, 0.25) is 0 Å². The minimum absolute atomic E-state index is 0. The van der Waals surface area contributed by atoms with E-state index in [1.165, 1.54) is 5.00 Å². The molecule has 1 aliphatic heterocycles. The summed E-state index contributed by atoms with van der Waals surface area (Å²) in [4.78, 5) is 11.2. The Bertz CT molecular complexity index is 651. The number of hydrogen-bond donors (Lipinski definition) is 2. The van der Waals surface area contributed by atoms with Gasteiger partial charge < -0.3 is 20.1 Å². The highest BCUT2D eigenvalue weighted by Crippen LogP contribution is 2.24. The van der Waals surface area contributed by atoms with Gasteiger partial charge in [0.05, 0.1) is 5.00 Å². The zero-order valence-electron chi connectivity index (χ0n) is 14.6. The van der Waals surface area contributed by atoms with E-state index in [1.54, 1.807) is 11.3 Å². The van der Waals surface area contributed by atoms with E-state index in [1.807, 2.05) is 6.92 Å². The van der Waals surface area contributed by atoms with Gasteiger partial charge in [-0.2, -0.15) is 4.98 Å². The molecule has 2 N–H and O–H groups in total. The van der Waals surface area contributed by atoms with Crippen LogP contribution in [0.5, 0.6) is 0 Å². The maximum absolute atomic E-state index is 5.11. The lowest BCUT2D eigenvalue weighted by Gasteiger charge is -2.33. The Balaban J connectivity index is 0.00000225. The summed E-state index contributed by atoms with van der Waals surface area (Å²) in [6.45, 7) is 7.23. The average Bonchev–Trinajstić information content (AvgIpc) is 3.25. The lowest BCUT2D eigenvalue weighted by Crippen LogP contribution is -2.48. The molecular weight excluding hydrogens is 451 g/mol. The summed E-state index contributed by atoms with van der Waals surface area (Å²) >= 11 is 1.81. The highest BCUT2D eigenvalue weighted by atomic mass is 127. The number of piperidine rings is 1. The molecule has 0 atom stereocenters. The molecule has 2 aromatic rings. The Kier molecular flexibility index (Phi) is 7.94. The first-order valence-electron chi connectivity index (χ1n) is 8.37. The first kappa shape index (κ1) is 20.0. The largest absolute Gasteiger partial charge is 0.363 e. The fourth-order valence-electron chi connectivity index (χ4n) is 2.76. The minimum atomic E-state index is 0. The van der Waals surface area contributed by atoms with E-state index in [0.717, 1.165) is 38.4 Å². The molecule has 25 heavy (non-hydrogen) atoms. The highest BCUT2D eigenvalue weighted by molar-refractivity contribution is 14.0. The van der Waals surface area contributed by atoms with Crippen molar-refractivity contribution in [3.05, 3.63) is 29.2 Å². The number of nitrogens with one attached hydrogen (secondary N) is 2. The topological polar surface area (TPSA) is 78.6 Å². The molecule has 0 saturated carbocycles. The lowest BCUT2D eigenvalue weighted by molar-refractivity contribution is 0.376. The monoisotopic (exact) mass is 476 g/mol. The molecule has 7 nitrogen and oxygen atoms in total. The zero-order chi connectivity index (χ0) is 16.8. The SMILES string of the molecule is CCNC(=NCc1nc(C)no1)NC1CCN(c2cccs2)CC1.I. The van der Waals surface area contributed by atoms with Gasteiger partial charge in [-0.1, -0.05) is 5.16 Å². The van der Waals surface area contributed by atoms with E-state index >= 15 is 0 Å². The lowest BCUT2D eigenvalue weighted by atomic mass is 10.1. The van der Waals surface area contributed by atoms with Crippen molar-refractivity contribution in [2.24, 2.45) is 4.99 Å². The summed E-state index contributed by atoms with van der Waals surface area (Å²) < 4.78 is 5.11. The van der Waals surface area contributed by atoms with Crippen LogP contribution in [-0.2, 0) is 6.54 Å². The molecule has 0 aromatic carbocycles. The number of aromatic nitrogens is 2. The van der Waals surface area contributed by atoms with Crippen LogP contribution in [0, 0.1) is 6.92 Å². The van der Waals surface area contributed by atoms with Gasteiger partial charge in [0.2, 0.25) is 5.89 Å². The van der Waals surface area contributed by atoms with Crippen molar-refractivity contribution in [3.8, 4) is 0 Å². The molecule has 2 aromatic heterocycles. The summed E-state index contributed by atoms with van der Waals surface area (Å²) in [7, 11) is 0. The number of aryl methyl sites for hydroxylation is 1. The Morgan fingerprint density at radius 3 is 2.84 bits per heavy atom. The molecular formula is C16H25IN6OS. The predicted octanol–water partition coefficient (Wildman–Crippen LogP) is 2.78. The molecule has 138 valence electrons. The van der Waals surface area contributed by atoms with E-state index in [0.29, 0.717) is 24.3 Å². The molecule has 0 bridgehead atoms. The molecule has 0 radical (unpaired) electrons. The molecule has 1 aliphatic rings. The Hall–Kier alpha value is -1.36. The average molecular weight is 476 g/mol. The second kappa shape index (κ2) is 9.95. The van der Waals surface area contributed by atoms with Gasteiger partial charge in [-0.05, 0) is 44.2 Å². The second-order valence-electron chi connectivity index (χ2n) is 5.79. The molecule has 0 unspecified atom stereocenters. The summed E-state index contributed by atoms with van der Waals surface area (Å²) in [5, 5.41) is 14.1. The molecule has 3 rings (SSSR count). The van der Waals surface area contributed by atoms with E-state index in [9.17, 15) is 0 Å². The summed E-state index contributed by atoms with van der Waals surface area (Å²) in [6, 6.07) is 4.74. The second-order valence-corrected chi connectivity index (χ2v) is 6.71. The van der Waals surface area contributed by atoms with E-state index in [2.05, 4.69) is 55.1 Å². The third-order valence-electron chi connectivity index (χ3n) is 3.94. The van der Waals surface area contributed by atoms with Gasteiger partial charge in [0.15, 0.2) is 11.8 Å². The summed E-state index contributed by atoms with van der Waals surface area (Å²) in [5.74, 6) is 1.99. The summed E-state index contributed by atoms with van der Waals surface area (Å²) in [5.41, 5.74) is 0. The Morgan fingerprint density at radius 2 is 2.24 bits per heavy atom. The number of thiophene rings is 1. The van der Waals surface area contributed by atoms with Crippen LogP contribution >= 0.6 is 35.3 Å². The molecule has 1 fully saturated rings. The third kappa shape index (κ3) is 5.84. The third-order valence-corrected chi connectivity index (χ3v) is 4.87. The van der Waals surface area contributed by atoms with Crippen molar-refractivity contribution < 1.29 is 4.52 Å². The first-order chi connectivity index (χ1) is 11.7. The molecule has 3 heterocycles. The van der Waals surface area contributed by atoms with Crippen LogP contribution in [0.15, 0.2) is 27.0 Å². The normalized spacial score (nSPS) is 15.8. The number of rotatable bonds is 5. The zero-order valence-corrected chi connectivity index (χ0v) is 17.7. The molecule has 0 aliphatic carbocycles. The predicted molar refractivity (Wildman–Crippen MR) is 112 cm³/mol. The van der Waals surface area contributed by atoms with Crippen LogP contribution < -0.4 is 15.5 Å². The van der Waals surface area contributed by atoms with Crippen molar-refractivity contribution in [1.29, 1.82) is 0 Å². The van der Waals surface area contributed by atoms with Gasteiger partial charge in [-0.3, -0.25) is 0 Å². The van der Waals surface area contributed by atoms with Gasteiger partial charge in [0.1, 0.15) is 6.54 Å². The molecule has 9 heteroatoms. The maximum Gasteiger partial charge on any atom is 0.248 e. The maximum atomic E-state index is 5.11. The van der Waals surface area contributed by atoms with Crippen LogP contribution in [0.3, 0.4) is 0 Å². The van der Waals surface area contributed by atoms with E-state index in [4.69, 9.17) is 4.52 Å². The first-order valence-corrected chi connectivity index (χ1v) is 9.25. The molecule has 0 amide bonds. The van der Waals surface area contributed by atoms with Crippen LogP contribution in [-0.4, -0.2) is 41.8 Å². The fourth-order valence-corrected chi connectivity index (χ4v) is 3.54. The van der Waals surface area contributed by atoms with Crippen molar-refractivity contribution >= 4 is 46.3 Å². The van der Waals surface area contributed by atoms with Gasteiger partial charge in [-0.15, -0.1) is 35.3 Å². The standard InChI is InChI=1S/C16H24N6OS.HI/c1-3-17-16(18-11-14-19-12(2)21-23-14)20-13-6-8-22(9-7-13)15-5-4-10-24-15;/h4-5,10,13H,3,6-9,11H2,1-2H3,(H2,17,18,20);1H. The number of nitrogens with zero attached hydrogens (tertiary/aromatic N) is 4. The van der Waals surface area contributed by atoms with E-state index < -0.39 is 0 Å². The van der Waals surface area contributed by atoms with Crippen LogP contribution in [0.4, 0.5) is 5.00 Å². The Morgan fingerprint density at radius 1 is 1.44 bits per heavy atom. The van der Waals surface area contributed by atoms with Crippen molar-refractivity contribution in [3.63, 3.8) is 0 Å². The Labute approximate surface area is 169 Å². The minimum Gasteiger partial charge on any atom is -0.363 e. The van der Waals surface area contributed by atoms with Gasteiger partial charge >= 0.3 is 0 Å². The van der Waals surface area contributed by atoms with Gasteiger partial charge in [-0.25, -0.2) is 4.99 Å². The number of aliphatic imine (C=N–C) groups is 1. The van der Waals surface area contributed by atoms with Crippen molar-refractivity contribution in [2.45, 2.75) is 39.3 Å². The molecule has 0 spiro atoms. The van der Waals surface area contributed by atoms with E-state index in [-0.39, 0.29) is 24.0 Å². The quantitative estimate of drug-likeness (QED) is 0.393. The van der Waals surface area contributed by atoms with Crippen molar-refractivity contribution in [1.82, 2.24) is 20.8 Å². The number of anilines is 1. The van der Waals surface area contributed by atoms with Crippen molar-refractivity contribution in [2.75, 3.05) is 24.5 Å². The van der Waals surface area contributed by atoms with Gasteiger partial charge in [0.25, 0.3) is 0 Å². The summed E-state index contributed by atoms with van der Waals surface area (Å²) in [6.07, 6.45) is 2.20. The number of hydrogen-bond acceptors (Lipinski definition) is 6. The van der Waals surface area contributed by atoms with Gasteiger partial charge in [0, 0.05) is 25.7 Å². The number of guanidine groups is 1. The smallest absolute Gasteiger partial charge is 0.248 e. The van der Waals surface area contributed by atoms with Crippen LogP contribution in [0.25, 0.3) is 0 Å². The highest BCUT2D eigenvalue weighted by Gasteiger charge is 2.20. The van der Waals surface area contributed by atoms with Crippen LogP contribution in [0.1, 0.15) is 31.5 Å². The fraction of sp³-hybridized carbons (Fsp3) is 0.562.